The third-order valence-electron chi connectivity index (χ3n) is 4.50. The highest BCUT2D eigenvalue weighted by atomic mass is 15.2. The van der Waals surface area contributed by atoms with Gasteiger partial charge < -0.3 is 10.2 Å². The molecule has 1 aliphatic heterocycles. The molecule has 0 saturated carbocycles. The van der Waals surface area contributed by atoms with Crippen LogP contribution < -0.4 is 5.32 Å². The largest absolute Gasteiger partial charge is 0.313 e. The minimum Gasteiger partial charge on any atom is -0.313 e. The molecule has 0 aromatic heterocycles. The van der Waals surface area contributed by atoms with E-state index in [1.165, 1.54) is 31.5 Å². The number of hydrogen-bond acceptors (Lipinski definition) is 3. The van der Waals surface area contributed by atoms with Gasteiger partial charge in [-0.1, -0.05) is 44.2 Å². The Kier molecular flexibility index (Phi) is 6.22. The number of nitrogens with one attached hydrogen (secondary N) is 1. The Morgan fingerprint density at radius 2 is 1.95 bits per heavy atom. The van der Waals surface area contributed by atoms with Gasteiger partial charge >= 0.3 is 0 Å². The Morgan fingerprint density at radius 1 is 1.24 bits per heavy atom. The highest BCUT2D eigenvalue weighted by Gasteiger charge is 2.27. The van der Waals surface area contributed by atoms with Crippen molar-refractivity contribution >= 4 is 0 Å². The molecule has 1 fully saturated rings. The van der Waals surface area contributed by atoms with E-state index in [1.807, 2.05) is 0 Å². The lowest BCUT2D eigenvalue weighted by atomic mass is 9.98. The second-order valence-electron chi connectivity index (χ2n) is 6.74. The first kappa shape index (κ1) is 16.5. The van der Waals surface area contributed by atoms with Gasteiger partial charge in [0, 0.05) is 31.2 Å². The Hall–Kier alpha value is -0.900. The fourth-order valence-electron chi connectivity index (χ4n) is 3.17. The van der Waals surface area contributed by atoms with E-state index in [0.29, 0.717) is 18.1 Å². The number of likely N-dealkylation sites (tertiary alicyclic amines) is 1. The summed E-state index contributed by atoms with van der Waals surface area (Å²) in [6.07, 6.45) is 2.62. The van der Waals surface area contributed by atoms with Crippen molar-refractivity contribution < 1.29 is 0 Å². The molecule has 0 spiro atoms. The lowest BCUT2D eigenvalue weighted by molar-refractivity contribution is 0.0939. The van der Waals surface area contributed by atoms with Crippen LogP contribution in [-0.2, 0) is 0 Å². The van der Waals surface area contributed by atoms with Crippen LogP contribution in [0.25, 0.3) is 0 Å². The summed E-state index contributed by atoms with van der Waals surface area (Å²) in [5.74, 6) is 0. The summed E-state index contributed by atoms with van der Waals surface area (Å²) >= 11 is 0. The van der Waals surface area contributed by atoms with E-state index in [4.69, 9.17) is 0 Å². The van der Waals surface area contributed by atoms with E-state index < -0.39 is 0 Å². The number of likely N-dealkylation sites (N-methyl/N-ethyl adjacent to an activating group) is 1. The maximum atomic E-state index is 3.63. The SMILES string of the molecule is CC(C)NCC(c1ccccc1)N1CCCC(N(C)C)C1. The molecule has 118 valence electrons. The number of piperidine rings is 1. The molecule has 2 atom stereocenters. The first-order valence-electron chi connectivity index (χ1n) is 8.26. The van der Waals surface area contributed by atoms with E-state index in [9.17, 15) is 0 Å². The summed E-state index contributed by atoms with van der Waals surface area (Å²) < 4.78 is 0. The Balaban J connectivity index is 2.10. The second kappa shape index (κ2) is 7.92. The highest BCUT2D eigenvalue weighted by Crippen LogP contribution is 2.25. The predicted molar refractivity (Wildman–Crippen MR) is 90.6 cm³/mol. The van der Waals surface area contributed by atoms with Gasteiger partial charge in [-0.3, -0.25) is 4.90 Å². The molecule has 1 heterocycles. The number of benzene rings is 1. The lowest BCUT2D eigenvalue weighted by Crippen LogP contribution is -2.48. The molecule has 1 aliphatic rings. The Labute approximate surface area is 130 Å². The average molecular weight is 289 g/mol. The summed E-state index contributed by atoms with van der Waals surface area (Å²) in [4.78, 5) is 5.04. The smallest absolute Gasteiger partial charge is 0.0473 e. The van der Waals surface area contributed by atoms with Crippen molar-refractivity contribution in [2.45, 2.75) is 44.8 Å². The van der Waals surface area contributed by atoms with Gasteiger partial charge in [-0.15, -0.1) is 0 Å². The summed E-state index contributed by atoms with van der Waals surface area (Å²) in [7, 11) is 4.41. The second-order valence-corrected chi connectivity index (χ2v) is 6.74. The van der Waals surface area contributed by atoms with E-state index in [2.05, 4.69) is 73.4 Å². The van der Waals surface area contributed by atoms with Crippen molar-refractivity contribution in [1.29, 1.82) is 0 Å². The molecule has 2 rings (SSSR count). The van der Waals surface area contributed by atoms with Crippen LogP contribution in [0.4, 0.5) is 0 Å². The van der Waals surface area contributed by atoms with Gasteiger partial charge in [0.25, 0.3) is 0 Å². The van der Waals surface area contributed by atoms with Gasteiger partial charge in [0.05, 0.1) is 0 Å². The van der Waals surface area contributed by atoms with Crippen molar-refractivity contribution in [3.8, 4) is 0 Å². The molecule has 3 heteroatoms. The first-order valence-corrected chi connectivity index (χ1v) is 8.26. The predicted octanol–water partition coefficient (Wildman–Crippen LogP) is 2.75. The van der Waals surface area contributed by atoms with Gasteiger partial charge in [0.15, 0.2) is 0 Å². The van der Waals surface area contributed by atoms with E-state index in [0.717, 1.165) is 6.54 Å². The number of rotatable bonds is 6. The normalized spacial score (nSPS) is 21.9. The fraction of sp³-hybridized carbons (Fsp3) is 0.667. The first-order chi connectivity index (χ1) is 10.1. The molecule has 1 N–H and O–H groups in total. The summed E-state index contributed by atoms with van der Waals surface area (Å²) in [5, 5.41) is 3.63. The molecule has 3 nitrogen and oxygen atoms in total. The quantitative estimate of drug-likeness (QED) is 0.869. The maximum Gasteiger partial charge on any atom is 0.0473 e. The van der Waals surface area contributed by atoms with Crippen molar-refractivity contribution in [2.75, 3.05) is 33.7 Å². The Morgan fingerprint density at radius 3 is 2.57 bits per heavy atom. The van der Waals surface area contributed by atoms with Gasteiger partial charge in [-0.25, -0.2) is 0 Å². The van der Waals surface area contributed by atoms with Crippen LogP contribution in [0.2, 0.25) is 0 Å². The maximum absolute atomic E-state index is 3.63. The molecular weight excluding hydrogens is 258 g/mol. The zero-order valence-electron chi connectivity index (χ0n) is 14.0. The van der Waals surface area contributed by atoms with E-state index >= 15 is 0 Å². The van der Waals surface area contributed by atoms with Gasteiger partial charge in [-0.2, -0.15) is 0 Å². The van der Waals surface area contributed by atoms with Crippen LogP contribution in [0.3, 0.4) is 0 Å². The molecule has 0 amide bonds. The molecule has 1 saturated heterocycles. The number of hydrogen-bond donors (Lipinski definition) is 1. The van der Waals surface area contributed by atoms with Gasteiger partial charge in [-0.05, 0) is 39.0 Å². The monoisotopic (exact) mass is 289 g/mol. The van der Waals surface area contributed by atoms with Crippen LogP contribution in [0.15, 0.2) is 30.3 Å². The zero-order valence-corrected chi connectivity index (χ0v) is 14.0. The van der Waals surface area contributed by atoms with Crippen molar-refractivity contribution in [2.24, 2.45) is 0 Å². The van der Waals surface area contributed by atoms with Crippen LogP contribution in [0.5, 0.6) is 0 Å². The molecule has 1 aromatic rings. The van der Waals surface area contributed by atoms with Crippen LogP contribution >= 0.6 is 0 Å². The standard InChI is InChI=1S/C18H31N3/c1-15(2)19-13-18(16-9-6-5-7-10-16)21-12-8-11-17(14-21)20(3)4/h5-7,9-10,15,17-19H,8,11-14H2,1-4H3. The summed E-state index contributed by atoms with van der Waals surface area (Å²) in [5.41, 5.74) is 1.44. The molecule has 0 bridgehead atoms. The molecule has 21 heavy (non-hydrogen) atoms. The third-order valence-corrected chi connectivity index (χ3v) is 4.50. The Bertz CT molecular complexity index is 402. The zero-order chi connectivity index (χ0) is 15.2. The van der Waals surface area contributed by atoms with Crippen LogP contribution in [0, 0.1) is 0 Å². The van der Waals surface area contributed by atoms with Crippen molar-refractivity contribution in [1.82, 2.24) is 15.1 Å². The number of nitrogens with zero attached hydrogens (tertiary/aromatic N) is 2. The topological polar surface area (TPSA) is 18.5 Å². The highest BCUT2D eigenvalue weighted by molar-refractivity contribution is 5.19. The average Bonchev–Trinajstić information content (AvgIpc) is 2.48. The van der Waals surface area contributed by atoms with Crippen LogP contribution in [-0.4, -0.2) is 55.6 Å². The van der Waals surface area contributed by atoms with E-state index in [-0.39, 0.29) is 0 Å². The van der Waals surface area contributed by atoms with Crippen molar-refractivity contribution in [3.63, 3.8) is 0 Å². The molecule has 0 radical (unpaired) electrons. The van der Waals surface area contributed by atoms with Gasteiger partial charge in [0.2, 0.25) is 0 Å². The lowest BCUT2D eigenvalue weighted by Gasteiger charge is -2.41. The molecule has 2 unspecified atom stereocenters. The minimum atomic E-state index is 0.483. The minimum absolute atomic E-state index is 0.483. The third kappa shape index (κ3) is 4.80. The molecule has 0 aliphatic carbocycles. The van der Waals surface area contributed by atoms with E-state index in [1.54, 1.807) is 0 Å². The van der Waals surface area contributed by atoms with Crippen molar-refractivity contribution in [3.05, 3.63) is 35.9 Å². The molecular formula is C18H31N3. The van der Waals surface area contributed by atoms with Crippen LogP contribution in [0.1, 0.15) is 38.3 Å². The summed E-state index contributed by atoms with van der Waals surface area (Å²) in [6, 6.07) is 12.7. The fourth-order valence-corrected chi connectivity index (χ4v) is 3.17. The summed E-state index contributed by atoms with van der Waals surface area (Å²) in [6.45, 7) is 7.86. The van der Waals surface area contributed by atoms with Gasteiger partial charge in [0.1, 0.15) is 0 Å². The molecule has 1 aromatic carbocycles.